The van der Waals surface area contributed by atoms with E-state index in [0.29, 0.717) is 10.6 Å². The number of aromatic nitrogens is 1. The Balaban J connectivity index is 1.84. The maximum atomic E-state index is 11.6. The van der Waals surface area contributed by atoms with E-state index in [0.717, 1.165) is 33.5 Å². The van der Waals surface area contributed by atoms with Crippen LogP contribution in [0, 0.1) is 6.92 Å². The third-order valence-corrected chi connectivity index (χ3v) is 5.22. The van der Waals surface area contributed by atoms with Crippen molar-refractivity contribution < 1.29 is 17.9 Å². The van der Waals surface area contributed by atoms with E-state index in [9.17, 15) is 8.42 Å². The Kier molecular flexibility index (Phi) is 3.25. The fourth-order valence-corrected chi connectivity index (χ4v) is 3.44. The number of benzene rings is 2. The highest BCUT2D eigenvalue weighted by Crippen LogP contribution is 2.37. The van der Waals surface area contributed by atoms with Gasteiger partial charge < -0.3 is 9.47 Å². The van der Waals surface area contributed by atoms with Gasteiger partial charge in [0, 0.05) is 23.3 Å². The minimum Gasteiger partial charge on any atom is -0.454 e. The summed E-state index contributed by atoms with van der Waals surface area (Å²) in [4.78, 5) is 4.99. The molecule has 0 fully saturated rings. The Bertz CT molecular complexity index is 1060. The van der Waals surface area contributed by atoms with Gasteiger partial charge in [-0.05, 0) is 36.8 Å². The smallest absolute Gasteiger partial charge is 0.231 e. The number of ether oxygens (including phenoxy) is 2. The number of hydrogen-bond donors (Lipinski definition) is 0. The molecule has 0 atom stereocenters. The van der Waals surface area contributed by atoms with Crippen LogP contribution in [0.3, 0.4) is 0 Å². The van der Waals surface area contributed by atoms with E-state index in [1.165, 1.54) is 6.26 Å². The molecule has 0 amide bonds. The molecule has 0 bridgehead atoms. The van der Waals surface area contributed by atoms with Crippen molar-refractivity contribution >= 4 is 20.7 Å². The van der Waals surface area contributed by atoms with Gasteiger partial charge in [-0.25, -0.2) is 13.4 Å². The number of hydrogen-bond acceptors (Lipinski definition) is 5. The number of fused-ring (bicyclic) bond motifs is 2. The van der Waals surface area contributed by atoms with Gasteiger partial charge in [-0.3, -0.25) is 0 Å². The molecule has 1 aromatic heterocycles. The number of nitrogens with zero attached hydrogens (tertiary/aromatic N) is 1. The highest BCUT2D eigenvalue weighted by Gasteiger charge is 2.16. The summed E-state index contributed by atoms with van der Waals surface area (Å²) in [6.45, 7) is 2.24. The van der Waals surface area contributed by atoms with Crippen molar-refractivity contribution in [3.05, 3.63) is 48.0 Å². The zero-order chi connectivity index (χ0) is 16.9. The van der Waals surface area contributed by atoms with E-state index >= 15 is 0 Å². The molecule has 2 heterocycles. The highest BCUT2D eigenvalue weighted by molar-refractivity contribution is 7.90. The zero-order valence-electron chi connectivity index (χ0n) is 13.2. The first-order valence-electron chi connectivity index (χ1n) is 7.43. The molecule has 1 aliphatic rings. The fraction of sp³-hybridized carbons (Fsp3) is 0.167. The largest absolute Gasteiger partial charge is 0.454 e. The average molecular weight is 341 g/mol. The summed E-state index contributed by atoms with van der Waals surface area (Å²) in [6, 6.07) is 12.6. The van der Waals surface area contributed by atoms with Crippen LogP contribution in [0.2, 0.25) is 0 Å². The van der Waals surface area contributed by atoms with Crippen molar-refractivity contribution in [1.82, 2.24) is 4.98 Å². The Morgan fingerprint density at radius 1 is 1.00 bits per heavy atom. The van der Waals surface area contributed by atoms with Crippen molar-refractivity contribution in [2.24, 2.45) is 0 Å². The van der Waals surface area contributed by atoms with E-state index in [2.05, 4.69) is 0 Å². The normalized spacial score (nSPS) is 13.4. The predicted molar refractivity (Wildman–Crippen MR) is 91.1 cm³/mol. The summed E-state index contributed by atoms with van der Waals surface area (Å²) in [7, 11) is -3.20. The van der Waals surface area contributed by atoms with Gasteiger partial charge in [0.15, 0.2) is 21.3 Å². The second-order valence-electron chi connectivity index (χ2n) is 5.84. The molecule has 0 aliphatic carbocycles. The van der Waals surface area contributed by atoms with Crippen molar-refractivity contribution in [3.8, 4) is 22.8 Å². The van der Waals surface area contributed by atoms with E-state index in [4.69, 9.17) is 14.5 Å². The molecule has 3 aromatic rings. The zero-order valence-corrected chi connectivity index (χ0v) is 14.1. The van der Waals surface area contributed by atoms with Crippen LogP contribution in [0.25, 0.3) is 22.2 Å². The van der Waals surface area contributed by atoms with Gasteiger partial charge in [-0.2, -0.15) is 0 Å². The molecule has 6 heteroatoms. The Morgan fingerprint density at radius 2 is 1.67 bits per heavy atom. The maximum absolute atomic E-state index is 11.6. The van der Waals surface area contributed by atoms with Crippen LogP contribution in [-0.4, -0.2) is 26.5 Å². The summed E-state index contributed by atoms with van der Waals surface area (Å²) in [5, 5.41) is 1.01. The molecule has 1 aliphatic heterocycles. The first-order valence-corrected chi connectivity index (χ1v) is 9.32. The minimum absolute atomic E-state index is 0.227. The van der Waals surface area contributed by atoms with Crippen molar-refractivity contribution in [2.75, 3.05) is 13.0 Å². The molecule has 0 spiro atoms. The molecular formula is C18H15NO4S. The Hall–Kier alpha value is -2.60. The van der Waals surface area contributed by atoms with Gasteiger partial charge in [0.05, 0.1) is 16.1 Å². The fourth-order valence-electron chi connectivity index (χ4n) is 2.81. The molecule has 2 aromatic carbocycles. The molecule has 122 valence electrons. The van der Waals surface area contributed by atoms with Crippen LogP contribution in [0.4, 0.5) is 0 Å². The lowest BCUT2D eigenvalue weighted by molar-refractivity contribution is 0.174. The lowest BCUT2D eigenvalue weighted by Crippen LogP contribution is -1.96. The third-order valence-electron chi connectivity index (χ3n) is 4.09. The summed E-state index contributed by atoms with van der Waals surface area (Å²) >= 11 is 0. The molecule has 0 saturated carbocycles. The van der Waals surface area contributed by atoms with Crippen LogP contribution >= 0.6 is 0 Å². The van der Waals surface area contributed by atoms with E-state index in [-0.39, 0.29) is 6.79 Å². The van der Waals surface area contributed by atoms with Gasteiger partial charge in [-0.15, -0.1) is 0 Å². The van der Waals surface area contributed by atoms with Crippen molar-refractivity contribution in [2.45, 2.75) is 11.8 Å². The average Bonchev–Trinajstić information content (AvgIpc) is 3.00. The predicted octanol–water partition coefficient (Wildman–Crippen LogP) is 3.34. The number of sulfone groups is 1. The molecular weight excluding hydrogens is 326 g/mol. The second kappa shape index (κ2) is 5.21. The molecule has 0 unspecified atom stereocenters. The van der Waals surface area contributed by atoms with E-state index in [1.54, 1.807) is 24.3 Å². The topological polar surface area (TPSA) is 65.5 Å². The quantitative estimate of drug-likeness (QED) is 0.715. The van der Waals surface area contributed by atoms with Crippen LogP contribution in [0.1, 0.15) is 5.56 Å². The second-order valence-corrected chi connectivity index (χ2v) is 7.86. The molecule has 0 radical (unpaired) electrons. The molecule has 0 N–H and O–H groups in total. The monoisotopic (exact) mass is 341 g/mol. The summed E-state index contributed by atoms with van der Waals surface area (Å²) in [5.74, 6) is 1.43. The summed E-state index contributed by atoms with van der Waals surface area (Å²) in [6.07, 6.45) is 1.20. The maximum Gasteiger partial charge on any atom is 0.231 e. The minimum atomic E-state index is -3.20. The first kappa shape index (κ1) is 15.0. The highest BCUT2D eigenvalue weighted by atomic mass is 32.2. The lowest BCUT2D eigenvalue weighted by atomic mass is 10.0. The van der Waals surface area contributed by atoms with Gasteiger partial charge in [0.25, 0.3) is 0 Å². The number of pyridine rings is 1. The van der Waals surface area contributed by atoms with Crippen LogP contribution in [0.15, 0.2) is 47.4 Å². The van der Waals surface area contributed by atoms with Crippen LogP contribution in [-0.2, 0) is 9.84 Å². The lowest BCUT2D eigenvalue weighted by Gasteiger charge is -2.08. The molecule has 24 heavy (non-hydrogen) atoms. The van der Waals surface area contributed by atoms with Crippen molar-refractivity contribution in [3.63, 3.8) is 0 Å². The standard InChI is InChI=1S/C18H15NO4S/c1-11-7-15(12-3-5-13(6-4-12)24(2,20)21)19-16-9-18-17(8-14(11)16)22-10-23-18/h3-9H,10H2,1-2H3. The van der Waals surface area contributed by atoms with Gasteiger partial charge >= 0.3 is 0 Å². The van der Waals surface area contributed by atoms with Crippen LogP contribution < -0.4 is 9.47 Å². The number of aryl methyl sites for hydroxylation is 1. The van der Waals surface area contributed by atoms with Gasteiger partial charge in [-0.1, -0.05) is 12.1 Å². The molecule has 4 rings (SSSR count). The summed E-state index contributed by atoms with van der Waals surface area (Å²) < 4.78 is 34.0. The summed E-state index contributed by atoms with van der Waals surface area (Å²) in [5.41, 5.74) is 3.55. The SMILES string of the molecule is Cc1cc(-c2ccc(S(C)(=O)=O)cc2)nc2cc3c(cc12)OCO3. The first-order chi connectivity index (χ1) is 11.4. The Labute approximate surface area is 139 Å². The number of rotatable bonds is 2. The van der Waals surface area contributed by atoms with Gasteiger partial charge in [0.1, 0.15) is 0 Å². The Morgan fingerprint density at radius 3 is 2.33 bits per heavy atom. The third kappa shape index (κ3) is 2.49. The van der Waals surface area contributed by atoms with E-state index in [1.807, 2.05) is 25.1 Å². The van der Waals surface area contributed by atoms with Crippen molar-refractivity contribution in [1.29, 1.82) is 0 Å². The van der Waals surface area contributed by atoms with E-state index < -0.39 is 9.84 Å². The molecule has 5 nitrogen and oxygen atoms in total. The molecule has 0 saturated heterocycles. The van der Waals surface area contributed by atoms with Gasteiger partial charge in [0.2, 0.25) is 6.79 Å². The van der Waals surface area contributed by atoms with Crippen LogP contribution in [0.5, 0.6) is 11.5 Å².